The second-order valence-corrected chi connectivity index (χ2v) is 7.00. The second kappa shape index (κ2) is 8.58. The van der Waals surface area contributed by atoms with Gasteiger partial charge in [-0.1, -0.05) is 86.1 Å². The molecule has 4 rings (SSSR count). The molecule has 4 aromatic carbocycles. The highest BCUT2D eigenvalue weighted by atomic mass is 15.1. The molecule has 1 nitrogen and oxygen atoms in total. The fourth-order valence-electron chi connectivity index (χ4n) is 3.56. The molecule has 0 aromatic heterocycles. The minimum absolute atomic E-state index is 1.12. The molecule has 0 saturated carbocycles. The first kappa shape index (κ1) is 18.1. The number of nitrogens with zero attached hydrogens (tertiary/aromatic N) is 1. The monoisotopic (exact) mass is 363 g/mol. The average molecular weight is 364 g/mol. The van der Waals surface area contributed by atoms with Gasteiger partial charge in [0.05, 0.1) is 0 Å². The van der Waals surface area contributed by atoms with Crippen molar-refractivity contribution in [2.45, 2.75) is 19.8 Å². The van der Waals surface area contributed by atoms with E-state index in [9.17, 15) is 0 Å². The molecule has 0 radical (unpaired) electrons. The lowest BCUT2D eigenvalue weighted by molar-refractivity contribution is 0.922. The summed E-state index contributed by atoms with van der Waals surface area (Å²) in [7, 11) is 0. The van der Waals surface area contributed by atoms with Crippen LogP contribution in [-0.4, -0.2) is 0 Å². The summed E-state index contributed by atoms with van der Waals surface area (Å²) in [6.07, 6.45) is 2.29. The molecule has 0 bridgehead atoms. The summed E-state index contributed by atoms with van der Waals surface area (Å²) < 4.78 is 0. The number of benzene rings is 4. The zero-order chi connectivity index (χ0) is 19.2. The zero-order valence-corrected chi connectivity index (χ0v) is 16.3. The molecule has 28 heavy (non-hydrogen) atoms. The Morgan fingerprint density at radius 2 is 0.964 bits per heavy atom. The fraction of sp³-hybridized carbons (Fsp3) is 0.111. The quantitative estimate of drug-likeness (QED) is 0.338. The van der Waals surface area contributed by atoms with E-state index in [4.69, 9.17) is 0 Å². The van der Waals surface area contributed by atoms with E-state index in [0.717, 1.165) is 12.1 Å². The third-order valence-electron chi connectivity index (χ3n) is 4.98. The van der Waals surface area contributed by atoms with Gasteiger partial charge in [-0.3, -0.25) is 0 Å². The van der Waals surface area contributed by atoms with E-state index in [0.29, 0.717) is 0 Å². The first-order valence-electron chi connectivity index (χ1n) is 9.95. The number of para-hydroxylation sites is 1. The molecule has 0 aliphatic rings. The van der Waals surface area contributed by atoms with Crippen LogP contribution in [0.5, 0.6) is 0 Å². The number of anilines is 3. The molecule has 4 aromatic rings. The maximum Gasteiger partial charge on any atom is 0.0462 e. The van der Waals surface area contributed by atoms with E-state index in [1.165, 1.54) is 34.5 Å². The maximum atomic E-state index is 2.31. The molecule has 0 heterocycles. The predicted octanol–water partition coefficient (Wildman–Crippen LogP) is 7.78. The van der Waals surface area contributed by atoms with Gasteiger partial charge < -0.3 is 4.90 Å². The predicted molar refractivity (Wildman–Crippen MR) is 121 cm³/mol. The molecule has 0 atom stereocenters. The third kappa shape index (κ3) is 3.99. The van der Waals surface area contributed by atoms with Crippen LogP contribution in [0.25, 0.3) is 11.1 Å². The van der Waals surface area contributed by atoms with Crippen LogP contribution in [0.4, 0.5) is 17.1 Å². The summed E-state index contributed by atoms with van der Waals surface area (Å²) in [5, 5.41) is 0. The summed E-state index contributed by atoms with van der Waals surface area (Å²) >= 11 is 0. The molecule has 0 aliphatic heterocycles. The van der Waals surface area contributed by atoms with Crippen LogP contribution >= 0.6 is 0 Å². The van der Waals surface area contributed by atoms with Gasteiger partial charge in [0, 0.05) is 17.1 Å². The number of rotatable bonds is 6. The topological polar surface area (TPSA) is 3.24 Å². The highest BCUT2D eigenvalue weighted by Gasteiger charge is 2.12. The molecule has 0 spiro atoms. The van der Waals surface area contributed by atoms with E-state index in [1.807, 2.05) is 0 Å². The Bertz CT molecular complexity index is 988. The van der Waals surface area contributed by atoms with Gasteiger partial charge in [0.1, 0.15) is 0 Å². The van der Waals surface area contributed by atoms with Gasteiger partial charge in [-0.2, -0.15) is 0 Å². The Kier molecular flexibility index (Phi) is 5.53. The molecular weight excluding hydrogens is 338 g/mol. The van der Waals surface area contributed by atoms with Crippen molar-refractivity contribution in [2.75, 3.05) is 4.90 Å². The van der Waals surface area contributed by atoms with Crippen molar-refractivity contribution in [2.24, 2.45) is 0 Å². The largest absolute Gasteiger partial charge is 0.311 e. The van der Waals surface area contributed by atoms with Crippen LogP contribution in [0.15, 0.2) is 109 Å². The minimum Gasteiger partial charge on any atom is -0.311 e. The van der Waals surface area contributed by atoms with Crippen LogP contribution in [-0.2, 0) is 6.42 Å². The lowest BCUT2D eigenvalue weighted by Crippen LogP contribution is -2.09. The van der Waals surface area contributed by atoms with E-state index < -0.39 is 0 Å². The summed E-state index contributed by atoms with van der Waals surface area (Å²) in [6.45, 7) is 2.22. The van der Waals surface area contributed by atoms with Gasteiger partial charge in [-0.25, -0.2) is 0 Å². The lowest BCUT2D eigenvalue weighted by Gasteiger charge is -2.26. The third-order valence-corrected chi connectivity index (χ3v) is 4.98. The molecular formula is C27H25N. The first-order valence-corrected chi connectivity index (χ1v) is 9.95. The smallest absolute Gasteiger partial charge is 0.0462 e. The zero-order valence-electron chi connectivity index (χ0n) is 16.3. The Labute approximate surface area is 167 Å². The summed E-state index contributed by atoms with van der Waals surface area (Å²) in [6, 6.07) is 38.8. The Morgan fingerprint density at radius 1 is 0.500 bits per heavy atom. The van der Waals surface area contributed by atoms with Gasteiger partial charge in [-0.15, -0.1) is 0 Å². The molecule has 0 fully saturated rings. The number of hydrogen-bond donors (Lipinski definition) is 0. The lowest BCUT2D eigenvalue weighted by atomic mass is 10.0. The van der Waals surface area contributed by atoms with Gasteiger partial charge in [-0.05, 0) is 59.5 Å². The van der Waals surface area contributed by atoms with Crippen molar-refractivity contribution in [3.8, 4) is 11.1 Å². The van der Waals surface area contributed by atoms with Crippen molar-refractivity contribution in [3.63, 3.8) is 0 Å². The number of hydrogen-bond acceptors (Lipinski definition) is 1. The molecule has 0 aliphatic carbocycles. The molecule has 138 valence electrons. The summed E-state index contributed by atoms with van der Waals surface area (Å²) in [4.78, 5) is 2.31. The van der Waals surface area contributed by atoms with Gasteiger partial charge in [0.25, 0.3) is 0 Å². The van der Waals surface area contributed by atoms with Crippen molar-refractivity contribution >= 4 is 17.1 Å². The SMILES string of the molecule is CCCc1ccc(N(c2ccccc2)c2ccc(-c3ccccc3)cc2)cc1. The van der Waals surface area contributed by atoms with E-state index in [-0.39, 0.29) is 0 Å². The average Bonchev–Trinajstić information content (AvgIpc) is 2.77. The minimum atomic E-state index is 1.12. The highest BCUT2D eigenvalue weighted by Crippen LogP contribution is 2.35. The van der Waals surface area contributed by atoms with Crippen LogP contribution in [0, 0.1) is 0 Å². The standard InChI is InChI=1S/C27H25N/c1-2-9-22-14-18-26(19-15-22)28(25-12-7-4-8-13-25)27-20-16-24(17-21-27)23-10-5-3-6-11-23/h3-8,10-21H,2,9H2,1H3. The number of aryl methyl sites for hydroxylation is 1. The molecule has 0 saturated heterocycles. The van der Waals surface area contributed by atoms with Gasteiger partial charge in [0.15, 0.2) is 0 Å². The molecule has 1 heteroatoms. The van der Waals surface area contributed by atoms with Crippen molar-refractivity contribution < 1.29 is 0 Å². The van der Waals surface area contributed by atoms with Crippen LogP contribution < -0.4 is 4.90 Å². The van der Waals surface area contributed by atoms with Crippen molar-refractivity contribution in [1.29, 1.82) is 0 Å². The van der Waals surface area contributed by atoms with E-state index in [2.05, 4.69) is 121 Å². The first-order chi connectivity index (χ1) is 13.8. The maximum absolute atomic E-state index is 2.31. The summed E-state index contributed by atoms with van der Waals surface area (Å²) in [5.41, 5.74) is 7.37. The van der Waals surface area contributed by atoms with Crippen LogP contribution in [0.1, 0.15) is 18.9 Å². The van der Waals surface area contributed by atoms with Crippen LogP contribution in [0.2, 0.25) is 0 Å². The Morgan fingerprint density at radius 3 is 1.54 bits per heavy atom. The van der Waals surface area contributed by atoms with Gasteiger partial charge in [0.2, 0.25) is 0 Å². The molecule has 0 N–H and O–H groups in total. The molecule has 0 unspecified atom stereocenters. The normalized spacial score (nSPS) is 10.6. The van der Waals surface area contributed by atoms with Crippen molar-refractivity contribution in [1.82, 2.24) is 0 Å². The fourth-order valence-corrected chi connectivity index (χ4v) is 3.56. The Balaban J connectivity index is 1.71. The second-order valence-electron chi connectivity index (χ2n) is 7.00. The van der Waals surface area contributed by atoms with Crippen LogP contribution in [0.3, 0.4) is 0 Å². The van der Waals surface area contributed by atoms with Crippen molar-refractivity contribution in [3.05, 3.63) is 115 Å². The van der Waals surface area contributed by atoms with E-state index >= 15 is 0 Å². The Hall–Kier alpha value is -3.32. The highest BCUT2D eigenvalue weighted by molar-refractivity contribution is 5.78. The van der Waals surface area contributed by atoms with Gasteiger partial charge >= 0.3 is 0 Å². The summed E-state index contributed by atoms with van der Waals surface area (Å²) in [5.74, 6) is 0. The van der Waals surface area contributed by atoms with E-state index in [1.54, 1.807) is 0 Å². The molecule has 0 amide bonds.